The van der Waals surface area contributed by atoms with Crippen LogP contribution in [-0.4, -0.2) is 99.7 Å². The minimum Gasteiger partial charge on any atom is -0.504 e. The average molecular weight is 841 g/mol. The monoisotopic (exact) mass is 840 g/mol. The molecule has 0 saturated heterocycles. The van der Waals surface area contributed by atoms with Crippen LogP contribution in [0.5, 0.6) is 46.0 Å². The summed E-state index contributed by atoms with van der Waals surface area (Å²) in [5.74, 6) is -10.5. The molecule has 0 amide bonds. The van der Waals surface area contributed by atoms with Crippen LogP contribution in [0.1, 0.15) is 35.1 Å². The van der Waals surface area contributed by atoms with Crippen molar-refractivity contribution in [3.05, 3.63) is 119 Å². The van der Waals surface area contributed by atoms with Crippen molar-refractivity contribution < 1.29 is 88.9 Å². The highest BCUT2D eigenvalue weighted by Crippen LogP contribution is 2.39. The van der Waals surface area contributed by atoms with E-state index in [1.165, 1.54) is 30.3 Å². The van der Waals surface area contributed by atoms with E-state index in [0.717, 1.165) is 91.1 Å². The second kappa shape index (κ2) is 18.9. The molecule has 18 heteroatoms. The first kappa shape index (κ1) is 43.7. The van der Waals surface area contributed by atoms with E-state index in [9.17, 15) is 69.9 Å². The number of esters is 4. The summed E-state index contributed by atoms with van der Waals surface area (Å²) in [6.45, 7) is 0. The Kier molecular flexibility index (Phi) is 13.5. The minimum absolute atomic E-state index is 0.184. The van der Waals surface area contributed by atoms with Gasteiger partial charge in [0.05, 0.1) is 0 Å². The molecule has 2 atom stereocenters. The molecule has 1 saturated carbocycles. The SMILES string of the molecule is O=C(C=Cc1ccc(O)c(O)c1)OC1CC(OC(=O)C=Cc2ccc(O)c(O)c2)(C(=O)O)CC(OC(=O)C=Cc2ccc(O)c(O)c2)C1OC(=O)C=Cc1ccc(O)c(O)c1. The van der Waals surface area contributed by atoms with Gasteiger partial charge in [-0.05, 0) is 95.1 Å². The number of phenolic OH excluding ortho intramolecular Hbond substituents is 8. The van der Waals surface area contributed by atoms with E-state index in [2.05, 4.69) is 0 Å². The van der Waals surface area contributed by atoms with Gasteiger partial charge in [0.2, 0.25) is 5.60 Å². The molecule has 4 aromatic rings. The topological polar surface area (TPSA) is 304 Å². The summed E-state index contributed by atoms with van der Waals surface area (Å²) < 4.78 is 22.3. The maximum atomic E-state index is 13.3. The molecule has 2 unspecified atom stereocenters. The minimum atomic E-state index is -2.66. The Hall–Kier alpha value is -8.41. The number of aromatic hydroxyl groups is 8. The van der Waals surface area contributed by atoms with Crippen molar-refractivity contribution >= 4 is 54.2 Å². The zero-order valence-corrected chi connectivity index (χ0v) is 31.4. The predicted molar refractivity (Wildman–Crippen MR) is 211 cm³/mol. The fraction of sp³-hybridized carbons (Fsp3) is 0.140. The van der Waals surface area contributed by atoms with E-state index in [0.29, 0.717) is 0 Å². The molecule has 4 aromatic carbocycles. The number of carbonyl (C=O) groups excluding carboxylic acids is 4. The Morgan fingerprint density at radius 2 is 0.738 bits per heavy atom. The molecule has 1 fully saturated rings. The number of ether oxygens (including phenoxy) is 4. The van der Waals surface area contributed by atoms with E-state index < -0.39 is 113 Å². The second-order valence-corrected chi connectivity index (χ2v) is 13.3. The van der Waals surface area contributed by atoms with Crippen molar-refractivity contribution in [1.82, 2.24) is 0 Å². The van der Waals surface area contributed by atoms with Gasteiger partial charge in [0.25, 0.3) is 0 Å². The van der Waals surface area contributed by atoms with Crippen LogP contribution < -0.4 is 0 Å². The van der Waals surface area contributed by atoms with Crippen molar-refractivity contribution in [2.75, 3.05) is 0 Å². The molecule has 1 aliphatic rings. The Balaban J connectivity index is 1.52. The van der Waals surface area contributed by atoms with Gasteiger partial charge in [0.15, 0.2) is 52.1 Å². The van der Waals surface area contributed by atoms with Gasteiger partial charge in [-0.3, -0.25) is 0 Å². The number of carbonyl (C=O) groups is 5. The molecule has 0 bridgehead atoms. The molecule has 0 spiro atoms. The lowest BCUT2D eigenvalue weighted by Gasteiger charge is -2.43. The van der Waals surface area contributed by atoms with Crippen LogP contribution >= 0.6 is 0 Å². The Morgan fingerprint density at radius 1 is 0.443 bits per heavy atom. The maximum Gasteiger partial charge on any atom is 0.348 e. The molecule has 61 heavy (non-hydrogen) atoms. The third-order valence-corrected chi connectivity index (χ3v) is 8.91. The molecule has 0 heterocycles. The molecule has 9 N–H and O–H groups in total. The number of hydrogen-bond acceptors (Lipinski definition) is 17. The van der Waals surface area contributed by atoms with Crippen LogP contribution in [0.2, 0.25) is 0 Å². The lowest BCUT2D eigenvalue weighted by atomic mass is 9.79. The predicted octanol–water partition coefficient (Wildman–Crippen LogP) is 4.38. The first-order valence-corrected chi connectivity index (χ1v) is 17.8. The van der Waals surface area contributed by atoms with Crippen molar-refractivity contribution in [3.8, 4) is 46.0 Å². The molecular weight excluding hydrogens is 804 g/mol. The lowest BCUT2D eigenvalue weighted by Crippen LogP contribution is -2.60. The standard InChI is InChI=1S/C43H36O18/c44-27-9-1-23(17-31(27)48)5-13-37(52)58-35-21-43(42(56)57,61-40(55)16-8-26-4-12-30(47)34(51)20-26)22-36(59-38(53)14-6-24-2-10-28(45)32(49)18-24)41(35)60-39(54)15-7-25-3-11-29(46)33(50)19-25/h1-20,35-36,41,44-51H,21-22H2,(H,56,57). The van der Waals surface area contributed by atoms with Crippen molar-refractivity contribution in [2.24, 2.45) is 0 Å². The number of carboxylic acids is 1. The highest BCUT2D eigenvalue weighted by atomic mass is 16.6. The fourth-order valence-electron chi connectivity index (χ4n) is 5.89. The summed E-state index contributed by atoms with van der Waals surface area (Å²) in [6, 6.07) is 14.3. The quantitative estimate of drug-likeness (QED) is 0.0390. The number of carboxylic acid groups (broad SMARTS) is 1. The highest BCUT2D eigenvalue weighted by Gasteiger charge is 2.57. The van der Waals surface area contributed by atoms with Gasteiger partial charge in [-0.1, -0.05) is 24.3 Å². The Bertz CT molecular complexity index is 2380. The molecule has 5 rings (SSSR count). The fourth-order valence-corrected chi connectivity index (χ4v) is 5.89. The van der Waals surface area contributed by atoms with Gasteiger partial charge in [0, 0.05) is 37.1 Å². The van der Waals surface area contributed by atoms with Crippen molar-refractivity contribution in [3.63, 3.8) is 0 Å². The normalized spacial score (nSPS) is 18.9. The van der Waals surface area contributed by atoms with Crippen molar-refractivity contribution in [2.45, 2.75) is 36.8 Å². The summed E-state index contributed by atoms with van der Waals surface area (Å²) in [5.41, 5.74) is -1.86. The number of hydrogen-bond donors (Lipinski definition) is 9. The second-order valence-electron chi connectivity index (χ2n) is 13.3. The molecule has 0 aliphatic heterocycles. The average Bonchev–Trinajstić information content (AvgIpc) is 3.20. The number of benzene rings is 4. The van der Waals surface area contributed by atoms with Crippen LogP contribution in [0.4, 0.5) is 0 Å². The summed E-state index contributed by atoms with van der Waals surface area (Å²) in [4.78, 5) is 66.3. The summed E-state index contributed by atoms with van der Waals surface area (Å²) >= 11 is 0. The molecule has 0 radical (unpaired) electrons. The van der Waals surface area contributed by atoms with E-state index in [1.807, 2.05) is 0 Å². The van der Waals surface area contributed by atoms with Gasteiger partial charge in [-0.25, -0.2) is 24.0 Å². The molecule has 1 aliphatic carbocycles. The van der Waals surface area contributed by atoms with Crippen molar-refractivity contribution in [1.29, 1.82) is 0 Å². The van der Waals surface area contributed by atoms with E-state index in [-0.39, 0.29) is 22.3 Å². The number of phenols is 8. The van der Waals surface area contributed by atoms with E-state index in [1.54, 1.807) is 0 Å². The van der Waals surface area contributed by atoms with Crippen LogP contribution in [0.25, 0.3) is 24.3 Å². The van der Waals surface area contributed by atoms with Crippen LogP contribution in [-0.2, 0) is 42.9 Å². The molecule has 0 aromatic heterocycles. The molecule has 18 nitrogen and oxygen atoms in total. The Labute approximate surface area is 344 Å². The zero-order valence-electron chi connectivity index (χ0n) is 31.4. The third-order valence-electron chi connectivity index (χ3n) is 8.91. The van der Waals surface area contributed by atoms with Gasteiger partial charge >= 0.3 is 29.8 Å². The Morgan fingerprint density at radius 3 is 1.03 bits per heavy atom. The van der Waals surface area contributed by atoms with Gasteiger partial charge in [0.1, 0.15) is 12.2 Å². The summed E-state index contributed by atoms with van der Waals surface area (Å²) in [5, 5.41) is 88.5. The van der Waals surface area contributed by atoms with E-state index in [4.69, 9.17) is 18.9 Å². The van der Waals surface area contributed by atoms with Gasteiger partial charge in [-0.15, -0.1) is 0 Å². The first-order chi connectivity index (χ1) is 28.9. The van der Waals surface area contributed by atoms with Crippen LogP contribution in [0, 0.1) is 0 Å². The zero-order chi connectivity index (χ0) is 44.4. The summed E-state index contributed by atoms with van der Waals surface area (Å²) in [7, 11) is 0. The van der Waals surface area contributed by atoms with Gasteiger partial charge < -0.3 is 64.9 Å². The van der Waals surface area contributed by atoms with Gasteiger partial charge in [-0.2, -0.15) is 0 Å². The first-order valence-electron chi connectivity index (χ1n) is 17.8. The summed E-state index contributed by atoms with van der Waals surface area (Å²) in [6.07, 6.45) is 0.634. The maximum absolute atomic E-state index is 13.3. The van der Waals surface area contributed by atoms with E-state index >= 15 is 0 Å². The molecular formula is C43H36O18. The van der Waals surface area contributed by atoms with Crippen LogP contribution in [0.3, 0.4) is 0 Å². The largest absolute Gasteiger partial charge is 0.504 e. The lowest BCUT2D eigenvalue weighted by molar-refractivity contribution is -0.217. The number of aliphatic carboxylic acids is 1. The highest BCUT2D eigenvalue weighted by molar-refractivity contribution is 5.92. The molecule has 316 valence electrons. The van der Waals surface area contributed by atoms with Crippen LogP contribution in [0.15, 0.2) is 97.1 Å². The number of rotatable bonds is 13. The smallest absolute Gasteiger partial charge is 0.348 e. The third kappa shape index (κ3) is 11.6.